The van der Waals surface area contributed by atoms with Crippen LogP contribution in [0.25, 0.3) is 0 Å². The van der Waals surface area contributed by atoms with Crippen molar-refractivity contribution in [1.29, 1.82) is 0 Å². The lowest BCUT2D eigenvalue weighted by atomic mass is 10.2. The lowest BCUT2D eigenvalue weighted by Gasteiger charge is -2.13. The summed E-state index contributed by atoms with van der Waals surface area (Å²) in [6.45, 7) is 4.35. The Hall–Kier alpha value is -0.280. The van der Waals surface area contributed by atoms with Gasteiger partial charge in [-0.2, -0.15) is 0 Å². The fourth-order valence-corrected chi connectivity index (χ4v) is 2.93. The molecule has 14 heavy (non-hydrogen) atoms. The van der Waals surface area contributed by atoms with E-state index < -0.39 is 0 Å². The van der Waals surface area contributed by atoms with Gasteiger partial charge >= 0.3 is 0 Å². The van der Waals surface area contributed by atoms with E-state index >= 15 is 0 Å². The predicted octanol–water partition coefficient (Wildman–Crippen LogP) is 2.77. The molecule has 1 unspecified atom stereocenters. The van der Waals surface area contributed by atoms with Gasteiger partial charge in [0.15, 0.2) is 5.13 Å². The maximum atomic E-state index is 5.85. The van der Waals surface area contributed by atoms with Gasteiger partial charge in [0.05, 0.1) is 5.69 Å². The maximum Gasteiger partial charge on any atom is 0.185 e. The molecular weight excluding hydrogens is 216 g/mol. The van der Waals surface area contributed by atoms with E-state index in [0.717, 1.165) is 25.4 Å². The van der Waals surface area contributed by atoms with Crippen LogP contribution in [0.15, 0.2) is 5.38 Å². The molecule has 78 valence electrons. The number of thiazole rings is 1. The molecule has 0 spiro atoms. The van der Waals surface area contributed by atoms with E-state index in [1.807, 2.05) is 0 Å². The Morgan fingerprint density at radius 1 is 1.71 bits per heavy atom. The van der Waals surface area contributed by atoms with Gasteiger partial charge in [0.25, 0.3) is 0 Å². The molecule has 0 radical (unpaired) electrons. The second-order valence-electron chi connectivity index (χ2n) is 3.73. The minimum absolute atomic E-state index is 0.658. The van der Waals surface area contributed by atoms with Crippen molar-refractivity contribution in [2.45, 2.75) is 19.8 Å². The molecule has 2 heterocycles. The summed E-state index contributed by atoms with van der Waals surface area (Å²) in [5.74, 6) is 1.44. The molecule has 1 aromatic heterocycles. The lowest BCUT2D eigenvalue weighted by Crippen LogP contribution is -2.19. The summed E-state index contributed by atoms with van der Waals surface area (Å²) < 4.78 is 0. The Bertz CT molecular complexity index is 300. The highest BCUT2D eigenvalue weighted by molar-refractivity contribution is 7.13. The molecule has 0 aliphatic carbocycles. The van der Waals surface area contributed by atoms with Gasteiger partial charge in [-0.05, 0) is 18.8 Å². The zero-order valence-electron chi connectivity index (χ0n) is 8.37. The van der Waals surface area contributed by atoms with Crippen LogP contribution in [-0.4, -0.2) is 24.0 Å². The summed E-state index contributed by atoms with van der Waals surface area (Å²) in [7, 11) is 0. The highest BCUT2D eigenvalue weighted by atomic mass is 35.5. The van der Waals surface area contributed by atoms with Crippen LogP contribution in [0.3, 0.4) is 0 Å². The zero-order valence-corrected chi connectivity index (χ0v) is 9.94. The first kappa shape index (κ1) is 10.2. The highest BCUT2D eigenvalue weighted by Crippen LogP contribution is 2.27. The number of hydrogen-bond acceptors (Lipinski definition) is 3. The quantitative estimate of drug-likeness (QED) is 0.743. The Kier molecular flexibility index (Phi) is 3.29. The van der Waals surface area contributed by atoms with Crippen LogP contribution in [0.1, 0.15) is 19.0 Å². The van der Waals surface area contributed by atoms with Crippen molar-refractivity contribution in [3.63, 3.8) is 0 Å². The van der Waals surface area contributed by atoms with Crippen molar-refractivity contribution >= 4 is 28.1 Å². The molecule has 0 amide bonds. The molecule has 0 aromatic carbocycles. The Morgan fingerprint density at radius 2 is 2.57 bits per heavy atom. The Labute approximate surface area is 93.9 Å². The lowest BCUT2D eigenvalue weighted by molar-refractivity contribution is 0.667. The van der Waals surface area contributed by atoms with E-state index in [-0.39, 0.29) is 0 Å². The molecule has 0 N–H and O–H groups in total. The summed E-state index contributed by atoms with van der Waals surface area (Å²) in [6.07, 6.45) is 2.24. The summed E-state index contributed by atoms with van der Waals surface area (Å²) >= 11 is 7.61. The topological polar surface area (TPSA) is 16.1 Å². The monoisotopic (exact) mass is 230 g/mol. The van der Waals surface area contributed by atoms with Crippen molar-refractivity contribution in [2.75, 3.05) is 23.9 Å². The van der Waals surface area contributed by atoms with Gasteiger partial charge in [-0.25, -0.2) is 4.98 Å². The summed E-state index contributed by atoms with van der Waals surface area (Å²) in [5.41, 5.74) is 1.21. The molecule has 1 saturated heterocycles. The average Bonchev–Trinajstić information content (AvgIpc) is 2.86. The average molecular weight is 231 g/mol. The molecule has 1 aliphatic heterocycles. The number of hydrogen-bond donors (Lipinski definition) is 0. The summed E-state index contributed by atoms with van der Waals surface area (Å²) in [4.78, 5) is 6.94. The third kappa shape index (κ3) is 2.04. The maximum absolute atomic E-state index is 5.85. The van der Waals surface area contributed by atoms with E-state index in [9.17, 15) is 0 Å². The van der Waals surface area contributed by atoms with E-state index in [0.29, 0.717) is 5.92 Å². The van der Waals surface area contributed by atoms with Crippen molar-refractivity contribution < 1.29 is 0 Å². The van der Waals surface area contributed by atoms with Gasteiger partial charge in [-0.1, -0.05) is 6.92 Å². The number of aryl methyl sites for hydroxylation is 1. The Balaban J connectivity index is 2.02. The van der Waals surface area contributed by atoms with Crippen molar-refractivity contribution in [2.24, 2.45) is 5.92 Å². The van der Waals surface area contributed by atoms with E-state index in [2.05, 4.69) is 22.2 Å². The van der Waals surface area contributed by atoms with Crippen LogP contribution in [-0.2, 0) is 6.42 Å². The molecule has 2 nitrogen and oxygen atoms in total. The van der Waals surface area contributed by atoms with Gasteiger partial charge < -0.3 is 4.90 Å². The zero-order chi connectivity index (χ0) is 9.97. The van der Waals surface area contributed by atoms with Crippen LogP contribution in [0.4, 0.5) is 5.13 Å². The van der Waals surface area contributed by atoms with Crippen molar-refractivity contribution in [1.82, 2.24) is 4.98 Å². The third-order valence-corrected chi connectivity index (χ3v) is 4.06. The second kappa shape index (κ2) is 4.49. The first-order valence-corrected chi connectivity index (χ1v) is 6.50. The predicted molar refractivity (Wildman–Crippen MR) is 62.5 cm³/mol. The summed E-state index contributed by atoms with van der Waals surface area (Å²) in [6, 6.07) is 0. The van der Waals surface area contributed by atoms with Gasteiger partial charge in [0.2, 0.25) is 0 Å². The first-order chi connectivity index (χ1) is 6.83. The molecule has 1 atom stereocenters. The number of aromatic nitrogens is 1. The van der Waals surface area contributed by atoms with E-state index in [1.165, 1.54) is 17.2 Å². The van der Waals surface area contributed by atoms with Crippen LogP contribution in [0.2, 0.25) is 0 Å². The van der Waals surface area contributed by atoms with Gasteiger partial charge in [0, 0.05) is 24.3 Å². The Morgan fingerprint density at radius 3 is 3.14 bits per heavy atom. The first-order valence-electron chi connectivity index (χ1n) is 5.08. The number of anilines is 1. The third-order valence-electron chi connectivity index (χ3n) is 2.68. The van der Waals surface area contributed by atoms with Gasteiger partial charge in [0.1, 0.15) is 0 Å². The van der Waals surface area contributed by atoms with Gasteiger partial charge in [-0.3, -0.25) is 0 Å². The molecule has 0 saturated carbocycles. The number of halogens is 1. The van der Waals surface area contributed by atoms with Crippen molar-refractivity contribution in [3.05, 3.63) is 11.1 Å². The number of nitrogens with zero attached hydrogens (tertiary/aromatic N) is 2. The smallest absolute Gasteiger partial charge is 0.185 e. The standard InChI is InChI=1S/C10H15ClN2S/c1-2-9-7-14-10(12-9)13-4-3-8(5-11)6-13/h7-8H,2-6H2,1H3. The van der Waals surface area contributed by atoms with Crippen LogP contribution >= 0.6 is 22.9 Å². The van der Waals surface area contributed by atoms with E-state index in [1.54, 1.807) is 11.3 Å². The number of rotatable bonds is 3. The minimum Gasteiger partial charge on any atom is -0.348 e. The largest absolute Gasteiger partial charge is 0.348 e. The fraction of sp³-hybridized carbons (Fsp3) is 0.700. The molecule has 1 aliphatic rings. The molecule has 1 fully saturated rings. The van der Waals surface area contributed by atoms with Crippen LogP contribution in [0, 0.1) is 5.92 Å². The molecule has 4 heteroatoms. The molecule has 2 rings (SSSR count). The molecule has 0 bridgehead atoms. The van der Waals surface area contributed by atoms with Gasteiger partial charge in [-0.15, -0.1) is 22.9 Å². The van der Waals surface area contributed by atoms with Crippen molar-refractivity contribution in [3.8, 4) is 0 Å². The fourth-order valence-electron chi connectivity index (χ4n) is 1.74. The van der Waals surface area contributed by atoms with Crippen LogP contribution in [0.5, 0.6) is 0 Å². The highest BCUT2D eigenvalue weighted by Gasteiger charge is 2.23. The minimum atomic E-state index is 0.658. The van der Waals surface area contributed by atoms with Crippen LogP contribution < -0.4 is 4.90 Å². The molecule has 1 aromatic rings. The van der Waals surface area contributed by atoms with E-state index in [4.69, 9.17) is 11.6 Å². The second-order valence-corrected chi connectivity index (χ2v) is 4.88. The molecular formula is C10H15ClN2S. The summed E-state index contributed by atoms with van der Waals surface area (Å²) in [5, 5.41) is 3.33. The normalized spacial score (nSPS) is 21.9. The SMILES string of the molecule is CCc1csc(N2CCC(CCl)C2)n1. The number of alkyl halides is 1.